The third kappa shape index (κ3) is 8.58. The van der Waals surface area contributed by atoms with Gasteiger partial charge in [-0.05, 0) is 20.8 Å². The Bertz CT molecular complexity index is 295. The van der Waals surface area contributed by atoms with Crippen molar-refractivity contribution in [1.82, 2.24) is 5.32 Å². The summed E-state index contributed by atoms with van der Waals surface area (Å²) < 4.78 is 9.75. The van der Waals surface area contributed by atoms with Crippen molar-refractivity contribution in [1.29, 1.82) is 0 Å². The number of ether oxygens (including phenoxy) is 2. The maximum absolute atomic E-state index is 11.5. The molecule has 0 rings (SSSR count). The molecule has 0 heterocycles. The van der Waals surface area contributed by atoms with Crippen LogP contribution in [-0.2, 0) is 14.3 Å². The molecule has 0 unspecified atom stereocenters. The Hall–Kier alpha value is -1.56. The first-order valence-electron chi connectivity index (χ1n) is 5.65. The van der Waals surface area contributed by atoms with Gasteiger partial charge < -0.3 is 19.9 Å². The van der Waals surface area contributed by atoms with Crippen molar-refractivity contribution in [3.63, 3.8) is 0 Å². The minimum Gasteiger partial charge on any atom is -0.460 e. The molecular formula is C12H21NO5. The molecule has 0 aromatic carbocycles. The topological polar surface area (TPSA) is 84.9 Å². The maximum Gasteiger partial charge on any atom is 0.407 e. The largest absolute Gasteiger partial charge is 0.460 e. The molecule has 6 nitrogen and oxygen atoms in total. The molecule has 0 aromatic heterocycles. The molecule has 0 radical (unpaired) electrons. The summed E-state index contributed by atoms with van der Waals surface area (Å²) in [5.41, 5.74) is -0.597. The highest BCUT2D eigenvalue weighted by Crippen LogP contribution is 2.09. The highest BCUT2D eigenvalue weighted by Gasteiger charge is 2.21. The summed E-state index contributed by atoms with van der Waals surface area (Å²) >= 11 is 0. The molecule has 1 amide bonds. The third-order valence-corrected chi connectivity index (χ3v) is 1.71. The smallest absolute Gasteiger partial charge is 0.407 e. The molecule has 18 heavy (non-hydrogen) atoms. The Labute approximate surface area is 107 Å². The third-order valence-electron chi connectivity index (χ3n) is 1.71. The number of nitrogens with one attached hydrogen (secondary N) is 1. The van der Waals surface area contributed by atoms with Crippen LogP contribution >= 0.6 is 0 Å². The summed E-state index contributed by atoms with van der Waals surface area (Å²) in [6, 6.07) is -0.725. The van der Waals surface area contributed by atoms with Crippen molar-refractivity contribution in [3.05, 3.63) is 12.7 Å². The van der Waals surface area contributed by atoms with Crippen LogP contribution in [0.25, 0.3) is 0 Å². The number of aliphatic hydroxyl groups is 1. The molecule has 1 atom stereocenters. The van der Waals surface area contributed by atoms with E-state index < -0.39 is 23.7 Å². The molecule has 0 aromatic rings. The van der Waals surface area contributed by atoms with Crippen LogP contribution < -0.4 is 5.32 Å². The monoisotopic (exact) mass is 259 g/mol. The van der Waals surface area contributed by atoms with E-state index in [1.165, 1.54) is 6.08 Å². The van der Waals surface area contributed by atoms with Crippen LogP contribution in [0.15, 0.2) is 12.7 Å². The predicted molar refractivity (Wildman–Crippen MR) is 66.0 cm³/mol. The molecule has 0 fully saturated rings. The first kappa shape index (κ1) is 16.4. The fourth-order valence-electron chi connectivity index (χ4n) is 1.09. The van der Waals surface area contributed by atoms with Crippen LogP contribution in [0.4, 0.5) is 4.79 Å². The summed E-state index contributed by atoms with van der Waals surface area (Å²) in [6.07, 6.45) is 0.593. The van der Waals surface area contributed by atoms with E-state index in [0.717, 1.165) is 0 Å². The summed E-state index contributed by atoms with van der Waals surface area (Å²) in [5, 5.41) is 11.4. The number of carbonyl (C=O) groups is 2. The Morgan fingerprint density at radius 3 is 2.50 bits per heavy atom. The number of hydrogen-bond acceptors (Lipinski definition) is 5. The van der Waals surface area contributed by atoms with E-state index >= 15 is 0 Å². The van der Waals surface area contributed by atoms with Gasteiger partial charge in [-0.25, -0.2) is 4.79 Å². The van der Waals surface area contributed by atoms with Crippen molar-refractivity contribution < 1.29 is 24.2 Å². The second kappa shape index (κ2) is 7.71. The molecule has 104 valence electrons. The lowest BCUT2D eigenvalue weighted by Crippen LogP contribution is -2.40. The van der Waals surface area contributed by atoms with Crippen LogP contribution in [0.3, 0.4) is 0 Å². The molecule has 6 heteroatoms. The lowest BCUT2D eigenvalue weighted by atomic mass is 10.2. The number of rotatable bonds is 6. The Morgan fingerprint density at radius 1 is 1.44 bits per heavy atom. The molecule has 0 saturated heterocycles. The van der Waals surface area contributed by atoms with Gasteiger partial charge in [-0.2, -0.15) is 0 Å². The van der Waals surface area contributed by atoms with E-state index in [1.807, 2.05) is 0 Å². The Kier molecular flexibility index (Phi) is 7.04. The molecular weight excluding hydrogens is 238 g/mol. The first-order valence-corrected chi connectivity index (χ1v) is 5.65. The number of amides is 1. The summed E-state index contributed by atoms with van der Waals surface area (Å²) in [4.78, 5) is 22.7. The van der Waals surface area contributed by atoms with Crippen molar-refractivity contribution in [3.8, 4) is 0 Å². The van der Waals surface area contributed by atoms with Crippen LogP contribution in [-0.4, -0.2) is 42.0 Å². The number of alkyl carbamates (subject to hydrolysis) is 1. The number of hydrogen-bond donors (Lipinski definition) is 2. The van der Waals surface area contributed by atoms with Crippen LogP contribution in [0.1, 0.15) is 27.2 Å². The quantitative estimate of drug-likeness (QED) is 0.549. The van der Waals surface area contributed by atoms with Crippen molar-refractivity contribution in [2.24, 2.45) is 0 Å². The minimum absolute atomic E-state index is 0.0659. The Morgan fingerprint density at radius 2 is 2.06 bits per heavy atom. The number of esters is 1. The molecule has 0 aliphatic rings. The van der Waals surface area contributed by atoms with E-state index in [9.17, 15) is 9.59 Å². The first-order chi connectivity index (χ1) is 8.28. The van der Waals surface area contributed by atoms with Crippen molar-refractivity contribution >= 4 is 12.1 Å². The van der Waals surface area contributed by atoms with Crippen molar-refractivity contribution in [2.75, 3.05) is 13.2 Å². The van der Waals surface area contributed by atoms with Crippen LogP contribution in [0.2, 0.25) is 0 Å². The van der Waals surface area contributed by atoms with Gasteiger partial charge in [0.25, 0.3) is 0 Å². The van der Waals surface area contributed by atoms with Gasteiger partial charge in [0, 0.05) is 0 Å². The molecule has 0 bridgehead atoms. The average Bonchev–Trinajstić information content (AvgIpc) is 2.22. The second-order valence-electron chi connectivity index (χ2n) is 4.70. The Balaban J connectivity index is 4.14. The highest BCUT2D eigenvalue weighted by atomic mass is 16.6. The lowest BCUT2D eigenvalue weighted by molar-refractivity contribution is -0.155. The van der Waals surface area contributed by atoms with E-state index in [4.69, 9.17) is 9.84 Å². The van der Waals surface area contributed by atoms with Gasteiger partial charge in [0.2, 0.25) is 0 Å². The number of aliphatic hydroxyl groups excluding tert-OH is 1. The molecule has 0 aliphatic carbocycles. The van der Waals surface area contributed by atoms with E-state index in [-0.39, 0.29) is 19.6 Å². The normalized spacial score (nSPS) is 12.4. The fourth-order valence-corrected chi connectivity index (χ4v) is 1.09. The van der Waals surface area contributed by atoms with Gasteiger partial charge in [-0.15, -0.1) is 0 Å². The minimum atomic E-state index is -0.725. The zero-order chi connectivity index (χ0) is 14.2. The van der Waals surface area contributed by atoms with Gasteiger partial charge in [-0.3, -0.25) is 4.79 Å². The van der Waals surface area contributed by atoms with Crippen molar-refractivity contribution in [2.45, 2.75) is 38.8 Å². The van der Waals surface area contributed by atoms with E-state index in [0.29, 0.717) is 0 Å². The standard InChI is InChI=1S/C12H21NO5/c1-5-6-17-11(16)13-9(8-14)7-10(15)18-12(2,3)4/h5,9,14H,1,6-8H2,2-4H3,(H,13,16)/t9-/m0/s1. The maximum atomic E-state index is 11.5. The zero-order valence-corrected chi connectivity index (χ0v) is 11.1. The van der Waals surface area contributed by atoms with E-state index in [2.05, 4.69) is 16.6 Å². The van der Waals surface area contributed by atoms with Gasteiger partial charge in [0.15, 0.2) is 0 Å². The van der Waals surface area contributed by atoms with Gasteiger partial charge in [0.05, 0.1) is 19.1 Å². The molecule has 0 saturated carbocycles. The lowest BCUT2D eigenvalue weighted by Gasteiger charge is -2.21. The second-order valence-corrected chi connectivity index (χ2v) is 4.70. The summed E-state index contributed by atoms with van der Waals surface area (Å²) in [7, 11) is 0. The van der Waals surface area contributed by atoms with Crippen LogP contribution in [0, 0.1) is 0 Å². The van der Waals surface area contributed by atoms with Gasteiger partial charge in [-0.1, -0.05) is 12.7 Å². The van der Waals surface area contributed by atoms with Gasteiger partial charge in [0.1, 0.15) is 12.2 Å². The summed E-state index contributed by atoms with van der Waals surface area (Å²) in [5.74, 6) is -0.495. The van der Waals surface area contributed by atoms with E-state index in [1.54, 1.807) is 20.8 Å². The zero-order valence-electron chi connectivity index (χ0n) is 11.1. The van der Waals surface area contributed by atoms with Crippen LogP contribution in [0.5, 0.6) is 0 Å². The highest BCUT2D eigenvalue weighted by molar-refractivity contribution is 5.73. The number of carbonyl (C=O) groups excluding carboxylic acids is 2. The SMILES string of the molecule is C=CCOC(=O)N[C@H](CO)CC(=O)OC(C)(C)C. The fraction of sp³-hybridized carbons (Fsp3) is 0.667. The summed E-state index contributed by atoms with van der Waals surface area (Å²) in [6.45, 7) is 8.31. The molecule has 0 spiro atoms. The molecule has 0 aliphatic heterocycles. The van der Waals surface area contributed by atoms with Gasteiger partial charge >= 0.3 is 12.1 Å². The average molecular weight is 259 g/mol. The molecule has 2 N–H and O–H groups in total. The predicted octanol–water partition coefficient (Wildman–Crippen LogP) is 0.991.